The Hall–Kier alpha value is -6.92. The number of thiazole rings is 1. The van der Waals surface area contributed by atoms with Gasteiger partial charge in [0.05, 0.1) is 56.6 Å². The van der Waals surface area contributed by atoms with Gasteiger partial charge in [0.1, 0.15) is 55.5 Å². The van der Waals surface area contributed by atoms with Gasteiger partial charge in [0.15, 0.2) is 11.3 Å². The largest absolute Gasteiger partial charge is 0.494 e. The van der Waals surface area contributed by atoms with E-state index in [4.69, 9.17) is 21.1 Å². The molecule has 0 atom stereocenters. The van der Waals surface area contributed by atoms with Crippen LogP contribution in [0.25, 0.3) is 37.7 Å². The normalized spacial score (nSPS) is 13.1. The van der Waals surface area contributed by atoms with Crippen LogP contribution in [0.2, 0.25) is 5.02 Å². The number of hydrogen-bond acceptors (Lipinski definition) is 24. The number of rotatable bonds is 20. The van der Waals surface area contributed by atoms with Gasteiger partial charge in [0, 0.05) is 28.0 Å². The van der Waals surface area contributed by atoms with Crippen LogP contribution in [0.5, 0.6) is 17.4 Å². The Labute approximate surface area is 466 Å². The fourth-order valence-corrected chi connectivity index (χ4v) is 13.3. The van der Waals surface area contributed by atoms with E-state index >= 15 is 0 Å². The summed E-state index contributed by atoms with van der Waals surface area (Å²) in [7, 11) is -22.2. The zero-order chi connectivity index (χ0) is 58.4. The van der Waals surface area contributed by atoms with E-state index in [1.165, 1.54) is 50.4 Å². The van der Waals surface area contributed by atoms with Gasteiger partial charge in [-0.05, 0) is 85.9 Å². The molecule has 0 saturated carbocycles. The third kappa shape index (κ3) is 13.0. The van der Waals surface area contributed by atoms with Gasteiger partial charge in [-0.25, -0.2) is 9.97 Å². The molecule has 80 heavy (non-hydrogen) atoms. The zero-order valence-electron chi connectivity index (χ0n) is 40.8. The summed E-state index contributed by atoms with van der Waals surface area (Å²) in [5.41, 5.74) is -0.915. The zero-order valence-corrected chi connectivity index (χ0v) is 47.3. The van der Waals surface area contributed by atoms with E-state index in [0.717, 1.165) is 51.8 Å². The standard InChI is InChI=1S/C44H37ClN10O18S7/c1-21-14-30(50-53-37-22(2)26(20-46)42-47-28-9-8-27(45)41(80(69,70)71)39(28)55(42)43(37)56)34(73-10-4-12-76(57,58)59)17-29(21)49-52-32-18-33(72-3)31(19-35(32)74-11-5-13-77(60,61)62)51-54-44-48-38-36(79(66,67)68)16-23-15-24(78(63,64)65)6-7-25(23)40(38)75-44/h6-9,14-19,56H,4-5,10-13H2,1-3H3,(H,57,58,59)(H,60,61,62)(H,63,64,65)(H,66,67,68)(H,69,70,71). The summed E-state index contributed by atoms with van der Waals surface area (Å²) < 4.78 is 181. The molecule has 0 aliphatic heterocycles. The van der Waals surface area contributed by atoms with Crippen LogP contribution in [-0.4, -0.2) is 115 Å². The highest BCUT2D eigenvalue weighted by molar-refractivity contribution is 7.99. The Balaban J connectivity index is 1.20. The number of benzene rings is 5. The van der Waals surface area contributed by atoms with Crippen molar-refractivity contribution in [2.75, 3.05) is 31.0 Å². The van der Waals surface area contributed by atoms with Crippen molar-refractivity contribution in [2.24, 2.45) is 30.7 Å². The van der Waals surface area contributed by atoms with E-state index in [1.54, 1.807) is 6.92 Å². The molecule has 0 bridgehead atoms. The summed E-state index contributed by atoms with van der Waals surface area (Å²) in [6, 6.07) is 14.3. The van der Waals surface area contributed by atoms with Gasteiger partial charge in [0.2, 0.25) is 11.0 Å². The van der Waals surface area contributed by atoms with Crippen LogP contribution in [-0.2, 0) is 50.6 Å². The van der Waals surface area contributed by atoms with E-state index in [-0.39, 0.29) is 119 Å². The van der Waals surface area contributed by atoms with Crippen molar-refractivity contribution < 1.29 is 79.4 Å². The van der Waals surface area contributed by atoms with Crippen molar-refractivity contribution in [3.05, 3.63) is 82.4 Å². The number of azo groups is 3. The summed E-state index contributed by atoms with van der Waals surface area (Å²) in [5.74, 6) is -2.07. The summed E-state index contributed by atoms with van der Waals surface area (Å²) in [5, 5.41) is 47.4. The van der Waals surface area contributed by atoms with Gasteiger partial charge in [-0.1, -0.05) is 29.0 Å². The monoisotopic (exact) mass is 1250 g/mol. The van der Waals surface area contributed by atoms with E-state index in [0.29, 0.717) is 10.5 Å². The summed E-state index contributed by atoms with van der Waals surface area (Å²) in [6.45, 7) is 2.65. The van der Waals surface area contributed by atoms with Crippen LogP contribution in [0, 0.1) is 25.2 Å². The number of hydrogen-bond donors (Lipinski definition) is 6. The highest BCUT2D eigenvalue weighted by Crippen LogP contribution is 2.46. The molecule has 3 aromatic heterocycles. The van der Waals surface area contributed by atoms with Crippen LogP contribution in [0.15, 0.2) is 111 Å². The maximum atomic E-state index is 12.5. The maximum Gasteiger partial charge on any atom is 0.298 e. The minimum Gasteiger partial charge on any atom is -0.494 e. The molecule has 0 aliphatic carbocycles. The number of pyridine rings is 1. The lowest BCUT2D eigenvalue weighted by Gasteiger charge is -2.12. The second-order valence-corrected chi connectivity index (χ2v) is 26.7. The molecular weight excluding hydrogens is 1220 g/mol. The smallest absolute Gasteiger partial charge is 0.298 e. The van der Waals surface area contributed by atoms with Crippen LogP contribution in [0.1, 0.15) is 29.5 Å². The third-order valence-corrected chi connectivity index (χ3v) is 18.1. The number of nitriles is 1. The molecule has 0 radical (unpaired) electrons. The molecule has 0 amide bonds. The first-order chi connectivity index (χ1) is 37.4. The molecule has 0 spiro atoms. The number of fused-ring (bicyclic) bond motifs is 6. The lowest BCUT2D eigenvalue weighted by Crippen LogP contribution is -2.08. The van der Waals surface area contributed by atoms with Crippen molar-refractivity contribution in [2.45, 2.75) is 46.3 Å². The van der Waals surface area contributed by atoms with E-state index in [2.05, 4.69) is 40.7 Å². The van der Waals surface area contributed by atoms with Gasteiger partial charge in [-0.15, -0.1) is 37.3 Å². The first kappa shape index (κ1) is 59.2. The van der Waals surface area contributed by atoms with Crippen molar-refractivity contribution in [1.82, 2.24) is 14.4 Å². The topological polar surface area (TPSA) is 439 Å². The van der Waals surface area contributed by atoms with Crippen molar-refractivity contribution >= 4 is 157 Å². The van der Waals surface area contributed by atoms with E-state index in [1.807, 2.05) is 6.07 Å². The number of ether oxygens (including phenoxy) is 2. The first-order valence-corrected chi connectivity index (χ1v) is 31.9. The molecule has 8 aromatic rings. The molecular formula is C44H37ClN10O18S7. The number of nitrogens with zero attached hydrogens (tertiary/aromatic N) is 10. The number of thioether (sulfide) groups is 1. The summed E-state index contributed by atoms with van der Waals surface area (Å²) in [6.07, 6.45) is -0.266. The predicted octanol–water partition coefficient (Wildman–Crippen LogP) is 10.1. The van der Waals surface area contributed by atoms with Gasteiger partial charge in [-0.2, -0.15) is 52.5 Å². The van der Waals surface area contributed by atoms with Gasteiger partial charge in [-0.3, -0.25) is 27.2 Å². The van der Waals surface area contributed by atoms with Crippen LogP contribution >= 0.6 is 34.7 Å². The van der Waals surface area contributed by atoms with Crippen molar-refractivity contribution in [3.63, 3.8) is 0 Å². The average molecular weight is 1250 g/mol. The minimum atomic E-state index is -5.05. The molecule has 6 N–H and O–H groups in total. The lowest BCUT2D eigenvalue weighted by atomic mass is 10.1. The van der Waals surface area contributed by atoms with Gasteiger partial charge < -0.3 is 14.6 Å². The Morgan fingerprint density at radius 1 is 0.738 bits per heavy atom. The number of methoxy groups -OCH3 is 1. The lowest BCUT2D eigenvalue weighted by molar-refractivity contribution is 0.317. The highest BCUT2D eigenvalue weighted by Gasteiger charge is 2.28. The number of imidazole rings is 1. The van der Waals surface area contributed by atoms with Crippen LogP contribution < -0.4 is 9.47 Å². The van der Waals surface area contributed by atoms with Crippen molar-refractivity contribution in [3.8, 4) is 23.4 Å². The number of halogens is 1. The van der Waals surface area contributed by atoms with Crippen LogP contribution in [0.4, 0.5) is 33.6 Å². The average Bonchev–Trinajstić information content (AvgIpc) is 4.06. The summed E-state index contributed by atoms with van der Waals surface area (Å²) >= 11 is 8.06. The molecule has 36 heteroatoms. The Bertz CT molecular complexity index is 4640. The van der Waals surface area contributed by atoms with Gasteiger partial charge in [0.25, 0.3) is 50.6 Å². The molecule has 0 aliphatic rings. The molecule has 0 unspecified atom stereocenters. The molecule has 0 fully saturated rings. The second-order valence-electron chi connectivity index (χ2n) is 16.8. The fraction of sp³-hybridized carbons (Fsp3) is 0.205. The molecule has 28 nitrogen and oxygen atoms in total. The van der Waals surface area contributed by atoms with E-state index in [9.17, 15) is 75.2 Å². The Kier molecular flexibility index (Phi) is 16.7. The summed E-state index contributed by atoms with van der Waals surface area (Å²) in [4.78, 5) is 6.80. The quantitative estimate of drug-likeness (QED) is 0.0179. The molecule has 0 saturated heterocycles. The maximum absolute atomic E-state index is 12.5. The molecule has 5 aromatic carbocycles. The number of aryl methyl sites for hydroxylation is 1. The molecule has 3 heterocycles. The fourth-order valence-electron chi connectivity index (χ4n) is 7.77. The Morgan fingerprint density at radius 2 is 1.39 bits per heavy atom. The second kappa shape index (κ2) is 22.6. The third-order valence-electron chi connectivity index (χ3n) is 11.4. The van der Waals surface area contributed by atoms with Crippen LogP contribution in [0.3, 0.4) is 0 Å². The predicted molar refractivity (Wildman–Crippen MR) is 290 cm³/mol. The highest BCUT2D eigenvalue weighted by atomic mass is 35.5. The Morgan fingerprint density at radius 3 is 2.04 bits per heavy atom. The number of aromatic hydroxyl groups is 1. The first-order valence-electron chi connectivity index (χ1n) is 22.2. The minimum absolute atomic E-state index is 0.0150. The molecule has 8 rings (SSSR count). The van der Waals surface area contributed by atoms with Crippen molar-refractivity contribution in [1.29, 1.82) is 5.26 Å². The van der Waals surface area contributed by atoms with Gasteiger partial charge >= 0.3 is 0 Å². The van der Waals surface area contributed by atoms with E-state index < -0.39 is 87.7 Å². The molecule has 420 valence electrons. The number of aromatic nitrogens is 3. The SMILES string of the molecule is COc1cc(N=Nc2cc(OCCCS(=O)(=O)O)c(N=Nc3c(C)c(C#N)c4nc5ccc(Cl)c(S(=O)(=O)O)c5n4c3O)cc2C)c(SCCCS(=O)(=O)O)cc1N=Nc1nc2c(S(=O)(=O)O)cc3cc(S(=O)(=O)O)ccc3c2s1.